The number of nitrogens with zero attached hydrogens (tertiary/aromatic N) is 1. The standard InChI is InChI=1S/C18H15Cl2N3O5S/c1-10(21-17-11-5-2-3-8-14(11)29(26,27)23-17)18(25)28-9-15(24)22-13-7-4-6-12(19)16(13)20/h2-8,10H,9H2,1H3,(H,21,23)(H,22,24)/t10-/m0/s1. The Morgan fingerprint density at radius 2 is 1.90 bits per heavy atom. The number of esters is 1. The monoisotopic (exact) mass is 455 g/mol. The number of sulfonamides is 1. The number of rotatable bonds is 5. The Kier molecular flexibility index (Phi) is 6.11. The van der Waals surface area contributed by atoms with E-state index in [9.17, 15) is 18.0 Å². The van der Waals surface area contributed by atoms with Crippen LogP contribution in [0.15, 0.2) is 52.4 Å². The van der Waals surface area contributed by atoms with Gasteiger partial charge >= 0.3 is 5.97 Å². The number of ether oxygens (including phenoxy) is 1. The number of amidine groups is 1. The summed E-state index contributed by atoms with van der Waals surface area (Å²) >= 11 is 11.9. The smallest absolute Gasteiger partial charge is 0.331 e. The molecule has 3 rings (SSSR count). The van der Waals surface area contributed by atoms with Crippen molar-refractivity contribution < 1.29 is 22.7 Å². The molecule has 0 bridgehead atoms. The first kappa shape index (κ1) is 21.1. The van der Waals surface area contributed by atoms with E-state index in [0.29, 0.717) is 5.56 Å². The molecule has 1 aliphatic heterocycles. The fourth-order valence-electron chi connectivity index (χ4n) is 2.52. The van der Waals surface area contributed by atoms with Gasteiger partial charge in [0.05, 0.1) is 20.6 Å². The number of fused-ring (bicyclic) bond motifs is 1. The highest BCUT2D eigenvalue weighted by Gasteiger charge is 2.31. The molecule has 2 N–H and O–H groups in total. The minimum atomic E-state index is -3.71. The summed E-state index contributed by atoms with van der Waals surface area (Å²) in [5.41, 5.74) is 0.644. The van der Waals surface area contributed by atoms with Crippen LogP contribution in [0.3, 0.4) is 0 Å². The average molecular weight is 456 g/mol. The maximum absolute atomic E-state index is 12.1. The average Bonchev–Trinajstić information content (AvgIpc) is 2.94. The maximum atomic E-state index is 12.1. The third kappa shape index (κ3) is 4.69. The maximum Gasteiger partial charge on any atom is 0.331 e. The van der Waals surface area contributed by atoms with Crippen LogP contribution >= 0.6 is 23.2 Å². The van der Waals surface area contributed by atoms with Crippen molar-refractivity contribution >= 4 is 56.6 Å². The van der Waals surface area contributed by atoms with Gasteiger partial charge in [0.25, 0.3) is 15.9 Å². The number of hydrogen-bond acceptors (Lipinski definition) is 6. The van der Waals surface area contributed by atoms with Gasteiger partial charge < -0.3 is 10.1 Å². The van der Waals surface area contributed by atoms with E-state index >= 15 is 0 Å². The van der Waals surface area contributed by atoms with Crippen molar-refractivity contribution in [2.45, 2.75) is 17.9 Å². The van der Waals surface area contributed by atoms with Gasteiger partial charge in [0, 0.05) is 5.56 Å². The SMILES string of the molecule is C[C@H](N=C1NS(=O)(=O)c2ccccc21)C(=O)OCC(=O)Nc1cccc(Cl)c1Cl. The van der Waals surface area contributed by atoms with Crippen molar-refractivity contribution in [1.82, 2.24) is 4.72 Å². The van der Waals surface area contributed by atoms with Crippen molar-refractivity contribution in [3.05, 3.63) is 58.1 Å². The molecule has 0 aliphatic carbocycles. The van der Waals surface area contributed by atoms with Gasteiger partial charge in [-0.3, -0.25) is 14.5 Å². The van der Waals surface area contributed by atoms with E-state index in [1.807, 2.05) is 0 Å². The lowest BCUT2D eigenvalue weighted by atomic mass is 10.2. The molecule has 0 spiro atoms. The zero-order chi connectivity index (χ0) is 21.2. The van der Waals surface area contributed by atoms with E-state index in [4.69, 9.17) is 27.9 Å². The Bertz CT molecular complexity index is 1120. The fraction of sp³-hybridized carbons (Fsp3) is 0.167. The normalized spacial score (nSPS) is 16.6. The van der Waals surface area contributed by atoms with Gasteiger partial charge in [-0.2, -0.15) is 0 Å². The number of hydrogen-bond donors (Lipinski definition) is 2. The summed E-state index contributed by atoms with van der Waals surface area (Å²) in [5, 5.41) is 2.92. The van der Waals surface area contributed by atoms with Crippen LogP contribution in [0.4, 0.5) is 5.69 Å². The van der Waals surface area contributed by atoms with Gasteiger partial charge in [-0.15, -0.1) is 0 Å². The number of nitrogens with one attached hydrogen (secondary N) is 2. The highest BCUT2D eigenvalue weighted by atomic mass is 35.5. The second-order valence-electron chi connectivity index (χ2n) is 6.01. The van der Waals surface area contributed by atoms with Crippen molar-refractivity contribution in [1.29, 1.82) is 0 Å². The minimum absolute atomic E-state index is 0.0419. The molecule has 8 nitrogen and oxygen atoms in total. The molecule has 1 atom stereocenters. The van der Waals surface area contributed by atoms with Crippen LogP contribution in [0, 0.1) is 0 Å². The van der Waals surface area contributed by atoms with E-state index in [0.717, 1.165) is 0 Å². The highest BCUT2D eigenvalue weighted by Crippen LogP contribution is 2.29. The molecule has 152 valence electrons. The number of anilines is 1. The Morgan fingerprint density at radius 1 is 1.17 bits per heavy atom. The lowest BCUT2D eigenvalue weighted by Gasteiger charge is -2.10. The molecule has 0 radical (unpaired) electrons. The van der Waals surface area contributed by atoms with Crippen LogP contribution < -0.4 is 10.0 Å². The zero-order valence-corrected chi connectivity index (χ0v) is 17.3. The number of halogens is 2. The summed E-state index contributed by atoms with van der Waals surface area (Å²) in [7, 11) is -3.71. The van der Waals surface area contributed by atoms with Crippen molar-refractivity contribution in [3.63, 3.8) is 0 Å². The number of carbonyl (C=O) groups excluding carboxylic acids is 2. The van der Waals surface area contributed by atoms with E-state index in [2.05, 4.69) is 15.0 Å². The Hall–Kier alpha value is -2.62. The topological polar surface area (TPSA) is 114 Å². The predicted molar refractivity (Wildman–Crippen MR) is 109 cm³/mol. The van der Waals surface area contributed by atoms with E-state index in [1.165, 1.54) is 13.0 Å². The van der Waals surface area contributed by atoms with Crippen LogP contribution in [-0.2, 0) is 24.3 Å². The molecular weight excluding hydrogens is 441 g/mol. The first-order valence-electron chi connectivity index (χ1n) is 8.29. The molecule has 0 saturated carbocycles. The van der Waals surface area contributed by atoms with Crippen molar-refractivity contribution in [2.24, 2.45) is 4.99 Å². The fourth-order valence-corrected chi connectivity index (χ4v) is 4.11. The lowest BCUT2D eigenvalue weighted by molar-refractivity contribution is -0.148. The number of amides is 1. The van der Waals surface area contributed by atoms with E-state index in [1.54, 1.807) is 36.4 Å². The second-order valence-corrected chi connectivity index (χ2v) is 8.45. The molecule has 0 saturated heterocycles. The third-order valence-electron chi connectivity index (χ3n) is 3.90. The van der Waals surface area contributed by atoms with Gasteiger partial charge in [-0.25, -0.2) is 13.2 Å². The largest absolute Gasteiger partial charge is 0.454 e. The Morgan fingerprint density at radius 3 is 2.66 bits per heavy atom. The van der Waals surface area contributed by atoms with Gasteiger partial charge in [0.15, 0.2) is 6.61 Å². The van der Waals surface area contributed by atoms with E-state index in [-0.39, 0.29) is 26.5 Å². The lowest BCUT2D eigenvalue weighted by Crippen LogP contribution is -2.28. The summed E-state index contributed by atoms with van der Waals surface area (Å²) in [6.07, 6.45) is 0. The molecule has 29 heavy (non-hydrogen) atoms. The van der Waals surface area contributed by atoms with Crippen LogP contribution in [0.2, 0.25) is 10.0 Å². The first-order chi connectivity index (χ1) is 13.7. The summed E-state index contributed by atoms with van der Waals surface area (Å²) < 4.78 is 31.4. The Labute approximate surface area is 176 Å². The van der Waals surface area contributed by atoms with Crippen LogP contribution in [0.1, 0.15) is 12.5 Å². The molecule has 1 aliphatic rings. The molecule has 2 aromatic rings. The molecule has 0 unspecified atom stereocenters. The number of aliphatic imine (C=N–C) groups is 1. The third-order valence-corrected chi connectivity index (χ3v) is 6.11. The van der Waals surface area contributed by atoms with Gasteiger partial charge in [0.1, 0.15) is 11.9 Å². The van der Waals surface area contributed by atoms with Crippen LogP contribution in [0.5, 0.6) is 0 Å². The first-order valence-corrected chi connectivity index (χ1v) is 10.5. The number of carbonyl (C=O) groups is 2. The van der Waals surface area contributed by atoms with Crippen LogP contribution in [-0.4, -0.2) is 38.8 Å². The minimum Gasteiger partial charge on any atom is -0.454 e. The molecule has 2 aromatic carbocycles. The highest BCUT2D eigenvalue weighted by molar-refractivity contribution is 7.90. The van der Waals surface area contributed by atoms with Gasteiger partial charge in [-0.1, -0.05) is 41.4 Å². The molecule has 1 heterocycles. The zero-order valence-electron chi connectivity index (χ0n) is 15.0. The molecular formula is C18H15Cl2N3O5S. The van der Waals surface area contributed by atoms with Crippen molar-refractivity contribution in [2.75, 3.05) is 11.9 Å². The van der Waals surface area contributed by atoms with Crippen molar-refractivity contribution in [3.8, 4) is 0 Å². The van der Waals surface area contributed by atoms with Gasteiger partial charge in [0.2, 0.25) is 0 Å². The summed E-state index contributed by atoms with van der Waals surface area (Å²) in [6, 6.07) is 9.94. The van der Waals surface area contributed by atoms with Gasteiger partial charge in [-0.05, 0) is 31.2 Å². The molecule has 0 aromatic heterocycles. The molecule has 11 heteroatoms. The Balaban J connectivity index is 1.62. The summed E-state index contributed by atoms with van der Waals surface area (Å²) in [4.78, 5) is 28.3. The summed E-state index contributed by atoms with van der Waals surface area (Å²) in [6.45, 7) is 0.857. The molecule has 0 fully saturated rings. The summed E-state index contributed by atoms with van der Waals surface area (Å²) in [5.74, 6) is -1.37. The van der Waals surface area contributed by atoms with E-state index < -0.39 is 34.5 Å². The van der Waals surface area contributed by atoms with Crippen LogP contribution in [0.25, 0.3) is 0 Å². The quantitative estimate of drug-likeness (QED) is 0.672. The molecule has 1 amide bonds. The number of benzene rings is 2. The second kappa shape index (κ2) is 8.40. The predicted octanol–water partition coefficient (Wildman–Crippen LogP) is 2.60.